The van der Waals surface area contributed by atoms with Gasteiger partial charge in [0.15, 0.2) is 12.4 Å². The third-order valence-corrected chi connectivity index (χ3v) is 4.50. The molecule has 0 unspecified atom stereocenters. The van der Waals surface area contributed by atoms with Crippen molar-refractivity contribution in [2.75, 3.05) is 13.7 Å². The first-order valence-electron chi connectivity index (χ1n) is 8.94. The molecule has 0 aliphatic rings. The van der Waals surface area contributed by atoms with Crippen LogP contribution in [0.1, 0.15) is 21.5 Å². The second kappa shape index (κ2) is 9.71. The molecule has 4 nitrogen and oxygen atoms in total. The van der Waals surface area contributed by atoms with Gasteiger partial charge in [-0.05, 0) is 42.0 Å². The summed E-state index contributed by atoms with van der Waals surface area (Å²) in [7, 11) is 1.57. The summed E-state index contributed by atoms with van der Waals surface area (Å²) in [5.41, 5.74) is 2.17. The zero-order valence-corrected chi connectivity index (χ0v) is 16.6. The first-order valence-corrected chi connectivity index (χ1v) is 9.32. The maximum atomic E-state index is 12.8. The van der Waals surface area contributed by atoms with Gasteiger partial charge in [-0.1, -0.05) is 60.1 Å². The Hall–Kier alpha value is -3.37. The van der Waals surface area contributed by atoms with Crippen molar-refractivity contribution >= 4 is 35.0 Å². The number of carbonyl (C=O) groups is 2. The molecule has 0 aliphatic carbocycles. The molecule has 0 aliphatic heterocycles. The average molecular weight is 407 g/mol. The van der Waals surface area contributed by atoms with Gasteiger partial charge in [-0.2, -0.15) is 0 Å². The molecule has 0 aromatic heterocycles. The van der Waals surface area contributed by atoms with Crippen molar-refractivity contribution in [1.82, 2.24) is 0 Å². The molecule has 3 aromatic carbocycles. The number of carbonyl (C=O) groups excluding carboxylic acids is 2. The quantitative estimate of drug-likeness (QED) is 0.231. The van der Waals surface area contributed by atoms with Gasteiger partial charge in [-0.3, -0.25) is 4.79 Å². The molecule has 3 aromatic rings. The molecule has 0 fully saturated rings. The van der Waals surface area contributed by atoms with Crippen LogP contribution in [0.3, 0.4) is 0 Å². The van der Waals surface area contributed by atoms with E-state index in [1.807, 2.05) is 54.6 Å². The molecule has 29 heavy (non-hydrogen) atoms. The van der Waals surface area contributed by atoms with Crippen LogP contribution in [0.2, 0.25) is 5.02 Å². The van der Waals surface area contributed by atoms with Gasteiger partial charge >= 0.3 is 5.97 Å². The summed E-state index contributed by atoms with van der Waals surface area (Å²) in [6.45, 7) is -0.365. The topological polar surface area (TPSA) is 52.6 Å². The maximum absolute atomic E-state index is 12.8. The van der Waals surface area contributed by atoms with Crippen molar-refractivity contribution in [2.24, 2.45) is 0 Å². The summed E-state index contributed by atoms with van der Waals surface area (Å²) < 4.78 is 10.7. The van der Waals surface area contributed by atoms with Crippen LogP contribution in [-0.2, 0) is 9.53 Å². The zero-order chi connectivity index (χ0) is 20.6. The number of hydrogen-bond donors (Lipinski definition) is 0. The number of Topliss-reactive ketones (excluding diaryl/α,β-unsaturated/α-hetero) is 1. The lowest BCUT2D eigenvalue weighted by Crippen LogP contribution is -2.15. The van der Waals surface area contributed by atoms with Crippen molar-refractivity contribution < 1.29 is 19.1 Å². The molecule has 3 rings (SSSR count). The highest BCUT2D eigenvalue weighted by Gasteiger charge is 2.17. The maximum Gasteiger partial charge on any atom is 0.339 e. The normalized spacial score (nSPS) is 11.0. The molecule has 0 heterocycles. The molecule has 0 amide bonds. The summed E-state index contributed by atoms with van der Waals surface area (Å²) in [6, 6.07) is 22.9. The molecule has 0 N–H and O–H groups in total. The van der Waals surface area contributed by atoms with E-state index in [0.29, 0.717) is 27.5 Å². The fraction of sp³-hybridized carbons (Fsp3) is 0.0833. The third kappa shape index (κ3) is 5.33. The van der Waals surface area contributed by atoms with E-state index in [4.69, 9.17) is 21.1 Å². The Bertz CT molecular complexity index is 1020. The minimum absolute atomic E-state index is 0.306. The summed E-state index contributed by atoms with van der Waals surface area (Å²) in [5.74, 6) is -0.268. The Morgan fingerprint density at radius 3 is 2.21 bits per heavy atom. The van der Waals surface area contributed by atoms with Crippen molar-refractivity contribution in [3.05, 3.63) is 101 Å². The molecule has 146 valence electrons. The highest BCUT2D eigenvalue weighted by Crippen LogP contribution is 2.25. The highest BCUT2D eigenvalue weighted by molar-refractivity contribution is 6.30. The summed E-state index contributed by atoms with van der Waals surface area (Å²) in [6.07, 6.45) is 1.70. The largest absolute Gasteiger partial charge is 0.496 e. The van der Waals surface area contributed by atoms with Crippen LogP contribution in [0.15, 0.2) is 78.9 Å². The van der Waals surface area contributed by atoms with E-state index in [0.717, 1.165) is 5.56 Å². The van der Waals surface area contributed by atoms with E-state index in [2.05, 4.69) is 0 Å². The van der Waals surface area contributed by atoms with E-state index in [9.17, 15) is 9.59 Å². The van der Waals surface area contributed by atoms with E-state index in [1.165, 1.54) is 0 Å². The predicted octanol–water partition coefficient (Wildman–Crippen LogP) is 5.32. The van der Waals surface area contributed by atoms with Gasteiger partial charge in [0.2, 0.25) is 0 Å². The van der Waals surface area contributed by atoms with Gasteiger partial charge in [0.25, 0.3) is 0 Å². The summed E-state index contributed by atoms with van der Waals surface area (Å²) in [5, 5.41) is 0.532. The van der Waals surface area contributed by atoms with Gasteiger partial charge in [0, 0.05) is 16.1 Å². The standard InChI is InChI=1S/C24H19ClO4/c1-28-23-10-6-5-9-19(23)15-21(17-7-3-2-4-8-17)24(27)29-16-22(26)18-11-13-20(25)14-12-18/h2-15H,16H2,1H3/b21-15-. The molecular formula is C24H19ClO4. The molecule has 5 heteroatoms. The fourth-order valence-corrected chi connectivity index (χ4v) is 2.87. The number of halogens is 1. The van der Waals surface area contributed by atoms with Crippen LogP contribution < -0.4 is 4.74 Å². The zero-order valence-electron chi connectivity index (χ0n) is 15.8. The molecule has 0 saturated heterocycles. The number of rotatable bonds is 7. The average Bonchev–Trinajstić information content (AvgIpc) is 2.77. The predicted molar refractivity (Wildman–Crippen MR) is 114 cm³/mol. The lowest BCUT2D eigenvalue weighted by molar-refractivity contribution is -0.135. The number of benzene rings is 3. The van der Waals surface area contributed by atoms with Crippen LogP contribution in [0.25, 0.3) is 11.6 Å². The third-order valence-electron chi connectivity index (χ3n) is 4.24. The minimum atomic E-state index is -0.593. The highest BCUT2D eigenvalue weighted by atomic mass is 35.5. The van der Waals surface area contributed by atoms with Crippen molar-refractivity contribution in [3.8, 4) is 5.75 Å². The van der Waals surface area contributed by atoms with Gasteiger partial charge in [0.1, 0.15) is 5.75 Å². The Labute approximate surface area is 174 Å². The van der Waals surface area contributed by atoms with Crippen molar-refractivity contribution in [3.63, 3.8) is 0 Å². The van der Waals surface area contributed by atoms with E-state index >= 15 is 0 Å². The van der Waals surface area contributed by atoms with Crippen LogP contribution >= 0.6 is 11.6 Å². The van der Waals surface area contributed by atoms with Crippen molar-refractivity contribution in [1.29, 1.82) is 0 Å². The van der Waals surface area contributed by atoms with E-state index in [1.54, 1.807) is 37.5 Å². The Morgan fingerprint density at radius 2 is 1.52 bits per heavy atom. The molecular weight excluding hydrogens is 388 g/mol. The first-order chi connectivity index (χ1) is 14.1. The Kier molecular flexibility index (Phi) is 6.82. The van der Waals surface area contributed by atoms with Crippen molar-refractivity contribution in [2.45, 2.75) is 0 Å². The Balaban J connectivity index is 1.84. The number of hydrogen-bond acceptors (Lipinski definition) is 4. The van der Waals surface area contributed by atoms with E-state index in [-0.39, 0.29) is 12.4 Å². The lowest BCUT2D eigenvalue weighted by Gasteiger charge is -2.10. The number of ketones is 1. The van der Waals surface area contributed by atoms with Crippen LogP contribution in [0.4, 0.5) is 0 Å². The number of esters is 1. The number of para-hydroxylation sites is 1. The molecule has 0 atom stereocenters. The smallest absolute Gasteiger partial charge is 0.339 e. The molecule has 0 saturated carbocycles. The number of ether oxygens (including phenoxy) is 2. The van der Waals surface area contributed by atoms with Crippen LogP contribution in [-0.4, -0.2) is 25.5 Å². The number of methoxy groups -OCH3 is 1. The fourth-order valence-electron chi connectivity index (χ4n) is 2.75. The summed E-state index contributed by atoms with van der Waals surface area (Å²) in [4.78, 5) is 25.2. The lowest BCUT2D eigenvalue weighted by atomic mass is 10.0. The minimum Gasteiger partial charge on any atom is -0.496 e. The molecule has 0 radical (unpaired) electrons. The molecule has 0 spiro atoms. The van der Waals surface area contributed by atoms with Gasteiger partial charge in [-0.15, -0.1) is 0 Å². The second-order valence-corrected chi connectivity index (χ2v) is 6.61. The van der Waals surface area contributed by atoms with Crippen LogP contribution in [0.5, 0.6) is 5.75 Å². The first kappa shape index (κ1) is 20.4. The monoisotopic (exact) mass is 406 g/mol. The van der Waals surface area contributed by atoms with Crippen LogP contribution in [0, 0.1) is 0 Å². The molecule has 0 bridgehead atoms. The summed E-state index contributed by atoms with van der Waals surface area (Å²) >= 11 is 5.84. The van der Waals surface area contributed by atoms with E-state index < -0.39 is 5.97 Å². The van der Waals surface area contributed by atoms with Gasteiger partial charge in [-0.25, -0.2) is 4.79 Å². The second-order valence-electron chi connectivity index (χ2n) is 6.17. The SMILES string of the molecule is COc1ccccc1/C=C(\C(=O)OCC(=O)c1ccc(Cl)cc1)c1ccccc1. The Morgan fingerprint density at radius 1 is 0.862 bits per heavy atom. The van der Waals surface area contributed by atoms with Gasteiger partial charge < -0.3 is 9.47 Å². The van der Waals surface area contributed by atoms with Gasteiger partial charge in [0.05, 0.1) is 12.7 Å².